The summed E-state index contributed by atoms with van der Waals surface area (Å²) in [6, 6.07) is 4.23. The molecule has 32 heavy (non-hydrogen) atoms. The highest BCUT2D eigenvalue weighted by Crippen LogP contribution is 2.38. The van der Waals surface area contributed by atoms with Crippen LogP contribution in [0, 0.1) is 0 Å². The monoisotopic (exact) mass is 474 g/mol. The highest BCUT2D eigenvalue weighted by molar-refractivity contribution is 7.51. The van der Waals surface area contributed by atoms with Crippen LogP contribution < -0.4 is 0 Å². The number of hydrogen-bond acceptors (Lipinski definition) is 4. The standard InChI is InChI=1S/C20H26F3N4O4P/c1-2-17-13-27(25-24-17)18(9-12-32(29,30)31)19(28)26-10-7-15(8-11-26)14-3-5-16(6-4-14)20(21,22)23/h3-6,13,15,18H,2,7-12H2,1H3,(H2,29,30,31). The van der Waals surface area contributed by atoms with Gasteiger partial charge in [-0.15, -0.1) is 5.10 Å². The number of likely N-dealkylation sites (tertiary alicyclic amines) is 1. The Balaban J connectivity index is 1.67. The number of carbonyl (C=O) groups excluding carboxylic acids is 1. The lowest BCUT2D eigenvalue weighted by molar-refractivity contribution is -0.138. The molecule has 0 bridgehead atoms. The quantitative estimate of drug-likeness (QED) is 0.596. The number of hydrogen-bond donors (Lipinski definition) is 2. The molecular weight excluding hydrogens is 448 g/mol. The van der Waals surface area contributed by atoms with E-state index in [0.29, 0.717) is 38.0 Å². The number of halogens is 3. The zero-order valence-electron chi connectivity index (χ0n) is 17.6. The molecule has 1 aromatic heterocycles. The first-order chi connectivity index (χ1) is 15.0. The SMILES string of the molecule is CCc1cn(C(CCP(=O)(O)O)C(=O)N2CCC(c3ccc(C(F)(F)F)cc3)CC2)nn1. The van der Waals surface area contributed by atoms with Gasteiger partial charge in [-0.1, -0.05) is 24.3 Å². The van der Waals surface area contributed by atoms with Gasteiger partial charge < -0.3 is 14.7 Å². The maximum atomic E-state index is 13.2. The van der Waals surface area contributed by atoms with Crippen molar-refractivity contribution >= 4 is 13.5 Å². The number of aromatic nitrogens is 3. The van der Waals surface area contributed by atoms with E-state index in [-0.39, 0.29) is 18.2 Å². The average Bonchev–Trinajstić information content (AvgIpc) is 3.21. The molecule has 0 spiro atoms. The second-order valence-electron chi connectivity index (χ2n) is 7.96. The maximum absolute atomic E-state index is 13.2. The van der Waals surface area contributed by atoms with E-state index in [4.69, 9.17) is 0 Å². The van der Waals surface area contributed by atoms with Crippen molar-refractivity contribution in [2.75, 3.05) is 19.3 Å². The Kier molecular flexibility index (Phi) is 7.42. The first-order valence-electron chi connectivity index (χ1n) is 10.4. The summed E-state index contributed by atoms with van der Waals surface area (Å²) < 4.78 is 51.0. The van der Waals surface area contributed by atoms with Crippen LogP contribution in [-0.4, -0.2) is 54.8 Å². The predicted octanol–water partition coefficient (Wildman–Crippen LogP) is 3.37. The van der Waals surface area contributed by atoms with Gasteiger partial charge >= 0.3 is 13.8 Å². The number of amides is 1. The highest BCUT2D eigenvalue weighted by atomic mass is 31.2. The zero-order chi connectivity index (χ0) is 23.5. The minimum Gasteiger partial charge on any atom is -0.341 e. The zero-order valence-corrected chi connectivity index (χ0v) is 18.5. The second-order valence-corrected chi connectivity index (χ2v) is 9.73. The van der Waals surface area contributed by atoms with Gasteiger partial charge in [0.05, 0.1) is 17.4 Å². The first kappa shape index (κ1) is 24.4. The maximum Gasteiger partial charge on any atom is 0.416 e. The number of piperidine rings is 1. The molecule has 2 aromatic rings. The van der Waals surface area contributed by atoms with Gasteiger partial charge in [0.1, 0.15) is 6.04 Å². The molecule has 1 aliphatic rings. The summed E-state index contributed by atoms with van der Waals surface area (Å²) in [6.07, 6.45) is -1.52. The van der Waals surface area contributed by atoms with E-state index in [1.165, 1.54) is 16.8 Å². The lowest BCUT2D eigenvalue weighted by Gasteiger charge is -2.34. The topological polar surface area (TPSA) is 109 Å². The van der Waals surface area contributed by atoms with Crippen molar-refractivity contribution in [3.05, 3.63) is 47.3 Å². The number of alkyl halides is 3. The lowest BCUT2D eigenvalue weighted by atomic mass is 9.88. The van der Waals surface area contributed by atoms with Gasteiger partial charge in [0.2, 0.25) is 5.91 Å². The Bertz CT molecular complexity index is 966. The van der Waals surface area contributed by atoms with Crippen molar-refractivity contribution in [3.63, 3.8) is 0 Å². The Morgan fingerprint density at radius 2 is 1.84 bits per heavy atom. The summed E-state index contributed by atoms with van der Waals surface area (Å²) in [5.74, 6) is -0.259. The fourth-order valence-electron chi connectivity index (χ4n) is 3.88. The molecule has 2 N–H and O–H groups in total. The molecule has 3 rings (SSSR count). The summed E-state index contributed by atoms with van der Waals surface area (Å²) >= 11 is 0. The Hall–Kier alpha value is -2.23. The van der Waals surface area contributed by atoms with Crippen LogP contribution in [0.1, 0.15) is 55.0 Å². The van der Waals surface area contributed by atoms with Crippen LogP contribution in [0.15, 0.2) is 30.5 Å². The molecule has 1 aliphatic heterocycles. The van der Waals surface area contributed by atoms with E-state index in [9.17, 15) is 32.3 Å². The normalized spacial score (nSPS) is 16.9. The largest absolute Gasteiger partial charge is 0.416 e. The Morgan fingerprint density at radius 3 is 2.34 bits per heavy atom. The third-order valence-corrected chi connectivity index (χ3v) is 6.58. The van der Waals surface area contributed by atoms with E-state index in [0.717, 1.165) is 17.7 Å². The Morgan fingerprint density at radius 1 is 1.22 bits per heavy atom. The van der Waals surface area contributed by atoms with Gasteiger partial charge in [-0.25, -0.2) is 4.68 Å². The number of carbonyl (C=O) groups is 1. The van der Waals surface area contributed by atoms with Crippen LogP contribution in [0.25, 0.3) is 0 Å². The van der Waals surface area contributed by atoms with Crippen LogP contribution in [0.4, 0.5) is 13.2 Å². The molecule has 0 radical (unpaired) electrons. The summed E-state index contributed by atoms with van der Waals surface area (Å²) in [7, 11) is -4.30. The summed E-state index contributed by atoms with van der Waals surface area (Å²) in [4.78, 5) is 33.3. The van der Waals surface area contributed by atoms with Crippen molar-refractivity contribution < 1.29 is 32.3 Å². The van der Waals surface area contributed by atoms with Crippen LogP contribution in [0.5, 0.6) is 0 Å². The molecule has 8 nitrogen and oxygen atoms in total. The van der Waals surface area contributed by atoms with E-state index >= 15 is 0 Å². The molecule has 0 aliphatic carbocycles. The van der Waals surface area contributed by atoms with Crippen LogP contribution in [-0.2, 0) is 22.0 Å². The molecule has 176 valence electrons. The van der Waals surface area contributed by atoms with Gasteiger partial charge in [-0.2, -0.15) is 13.2 Å². The van der Waals surface area contributed by atoms with Gasteiger partial charge in [0.25, 0.3) is 0 Å². The molecular formula is C20H26F3N4O4P. The molecule has 1 amide bonds. The van der Waals surface area contributed by atoms with E-state index < -0.39 is 31.5 Å². The summed E-state index contributed by atoms with van der Waals surface area (Å²) in [5.41, 5.74) is 0.771. The molecule has 1 unspecified atom stereocenters. The van der Waals surface area contributed by atoms with Crippen molar-refractivity contribution in [1.29, 1.82) is 0 Å². The molecule has 2 heterocycles. The second kappa shape index (κ2) is 9.72. The highest BCUT2D eigenvalue weighted by Gasteiger charge is 2.33. The third-order valence-electron chi connectivity index (χ3n) is 5.73. The predicted molar refractivity (Wildman–Crippen MR) is 110 cm³/mol. The third kappa shape index (κ3) is 6.17. The smallest absolute Gasteiger partial charge is 0.341 e. The van der Waals surface area contributed by atoms with Gasteiger partial charge in [0, 0.05) is 19.3 Å². The van der Waals surface area contributed by atoms with E-state index in [1.54, 1.807) is 11.1 Å². The molecule has 1 atom stereocenters. The summed E-state index contributed by atoms with van der Waals surface area (Å²) in [5, 5.41) is 7.94. The number of aryl methyl sites for hydroxylation is 1. The van der Waals surface area contributed by atoms with Crippen molar-refractivity contribution in [2.24, 2.45) is 0 Å². The summed E-state index contributed by atoms with van der Waals surface area (Å²) in [6.45, 7) is 2.67. The van der Waals surface area contributed by atoms with Crippen LogP contribution in [0.3, 0.4) is 0 Å². The molecule has 1 aromatic carbocycles. The molecule has 12 heteroatoms. The number of nitrogens with zero attached hydrogens (tertiary/aromatic N) is 4. The number of rotatable bonds is 7. The fourth-order valence-corrected chi connectivity index (χ4v) is 4.46. The fraction of sp³-hybridized carbons (Fsp3) is 0.550. The van der Waals surface area contributed by atoms with Crippen molar-refractivity contribution in [3.8, 4) is 0 Å². The van der Waals surface area contributed by atoms with E-state index in [1.807, 2.05) is 6.92 Å². The number of benzene rings is 1. The van der Waals surface area contributed by atoms with Crippen molar-refractivity contribution in [1.82, 2.24) is 19.9 Å². The minimum atomic E-state index is -4.38. The average molecular weight is 474 g/mol. The first-order valence-corrected chi connectivity index (χ1v) is 12.2. The molecule has 1 fully saturated rings. The Labute approximate surface area is 183 Å². The van der Waals surface area contributed by atoms with Gasteiger partial charge in [-0.3, -0.25) is 9.36 Å². The van der Waals surface area contributed by atoms with Crippen molar-refractivity contribution in [2.45, 2.75) is 50.7 Å². The van der Waals surface area contributed by atoms with Crippen LogP contribution >= 0.6 is 7.60 Å². The molecule has 0 saturated carbocycles. The van der Waals surface area contributed by atoms with Gasteiger partial charge in [-0.05, 0) is 49.3 Å². The molecule has 1 saturated heterocycles. The van der Waals surface area contributed by atoms with Gasteiger partial charge in [0.15, 0.2) is 0 Å². The van der Waals surface area contributed by atoms with E-state index in [2.05, 4.69) is 10.3 Å². The lowest BCUT2D eigenvalue weighted by Crippen LogP contribution is -2.42. The minimum absolute atomic E-state index is 0.0351. The van der Waals surface area contributed by atoms with Crippen LogP contribution in [0.2, 0.25) is 0 Å².